The van der Waals surface area contributed by atoms with Crippen LogP contribution in [0.2, 0.25) is 0 Å². The van der Waals surface area contributed by atoms with Crippen molar-refractivity contribution in [1.29, 1.82) is 0 Å². The van der Waals surface area contributed by atoms with Gasteiger partial charge in [0.15, 0.2) is 6.10 Å². The molecule has 0 bridgehead atoms. The predicted octanol–water partition coefficient (Wildman–Crippen LogP) is 6.39. The smallest absolute Gasteiger partial charge is 0.339 e. The molecule has 0 fully saturated rings. The second kappa shape index (κ2) is 10.4. The summed E-state index contributed by atoms with van der Waals surface area (Å²) in [6.45, 7) is 2.60. The molecule has 0 radical (unpaired) electrons. The molecule has 4 heteroatoms. The Morgan fingerprint density at radius 2 is 1.30 bits per heavy atom. The number of benzene rings is 4. The third-order valence-electron chi connectivity index (χ3n) is 5.36. The van der Waals surface area contributed by atoms with Crippen LogP contribution >= 0.6 is 0 Å². The summed E-state index contributed by atoms with van der Waals surface area (Å²) in [7, 11) is 0. The van der Waals surface area contributed by atoms with Gasteiger partial charge >= 0.3 is 5.97 Å². The average molecular weight is 436 g/mol. The van der Waals surface area contributed by atoms with Crippen LogP contribution in [0.1, 0.15) is 43.5 Å². The van der Waals surface area contributed by atoms with Crippen LogP contribution in [0.5, 0.6) is 0 Å². The monoisotopic (exact) mass is 435 g/mol. The van der Waals surface area contributed by atoms with E-state index in [9.17, 15) is 9.59 Å². The molecule has 1 N–H and O–H groups in total. The second-order valence-corrected chi connectivity index (χ2v) is 7.84. The van der Waals surface area contributed by atoms with Crippen molar-refractivity contribution in [2.24, 2.45) is 0 Å². The van der Waals surface area contributed by atoms with Gasteiger partial charge in [-0.05, 0) is 36.8 Å². The van der Waals surface area contributed by atoms with Gasteiger partial charge in [0.25, 0.3) is 0 Å². The first kappa shape index (κ1) is 22.0. The van der Waals surface area contributed by atoms with E-state index in [2.05, 4.69) is 5.32 Å². The van der Waals surface area contributed by atoms with E-state index in [0.29, 0.717) is 23.2 Å². The van der Waals surface area contributed by atoms with E-state index < -0.39 is 12.1 Å². The van der Waals surface area contributed by atoms with E-state index in [4.69, 9.17) is 4.74 Å². The summed E-state index contributed by atoms with van der Waals surface area (Å²) in [5.74, 6) is -0.787. The SMILES string of the molecule is Cc1ccc(C(=O)[C@@H](OC(=O)c2ccc(CNc3ccccc3)cc2)c2ccccc2)cc1. The summed E-state index contributed by atoms with van der Waals surface area (Å²) in [4.78, 5) is 26.1. The fourth-order valence-corrected chi connectivity index (χ4v) is 3.46. The highest BCUT2D eigenvalue weighted by Crippen LogP contribution is 2.24. The van der Waals surface area contributed by atoms with Crippen molar-refractivity contribution in [3.05, 3.63) is 137 Å². The Morgan fingerprint density at radius 1 is 0.727 bits per heavy atom. The third kappa shape index (κ3) is 5.74. The molecule has 33 heavy (non-hydrogen) atoms. The molecule has 1 atom stereocenters. The normalized spacial score (nSPS) is 11.4. The number of rotatable bonds is 8. The molecule has 0 aliphatic carbocycles. The summed E-state index contributed by atoms with van der Waals surface area (Å²) in [6, 6.07) is 33.5. The average Bonchev–Trinajstić information content (AvgIpc) is 2.87. The van der Waals surface area contributed by atoms with E-state index in [1.54, 1.807) is 36.4 Å². The summed E-state index contributed by atoms with van der Waals surface area (Å²) in [5.41, 5.74) is 4.66. The van der Waals surface area contributed by atoms with Crippen molar-refractivity contribution in [2.75, 3.05) is 5.32 Å². The number of anilines is 1. The lowest BCUT2D eigenvalue weighted by atomic mass is 9.99. The van der Waals surface area contributed by atoms with Crippen LogP contribution in [0.3, 0.4) is 0 Å². The van der Waals surface area contributed by atoms with Gasteiger partial charge in [0.2, 0.25) is 5.78 Å². The maximum absolute atomic E-state index is 13.2. The Labute approximate surface area is 193 Å². The quantitative estimate of drug-likeness (QED) is 0.257. The van der Waals surface area contributed by atoms with Gasteiger partial charge in [-0.25, -0.2) is 4.79 Å². The Hall–Kier alpha value is -4.18. The number of aryl methyl sites for hydroxylation is 1. The number of esters is 1. The maximum Gasteiger partial charge on any atom is 0.339 e. The van der Waals surface area contributed by atoms with Gasteiger partial charge in [0.1, 0.15) is 0 Å². The first-order valence-corrected chi connectivity index (χ1v) is 10.8. The highest BCUT2D eigenvalue weighted by Gasteiger charge is 2.26. The highest BCUT2D eigenvalue weighted by atomic mass is 16.5. The van der Waals surface area contributed by atoms with Crippen LogP contribution in [0.4, 0.5) is 5.69 Å². The summed E-state index contributed by atoms with van der Waals surface area (Å²) < 4.78 is 5.73. The van der Waals surface area contributed by atoms with Crippen molar-refractivity contribution in [3.63, 3.8) is 0 Å². The third-order valence-corrected chi connectivity index (χ3v) is 5.36. The van der Waals surface area contributed by atoms with Gasteiger partial charge in [-0.3, -0.25) is 4.79 Å². The molecular formula is C29H25NO3. The molecule has 0 saturated heterocycles. The Kier molecular flexibility index (Phi) is 6.96. The molecule has 164 valence electrons. The molecule has 4 rings (SSSR count). The zero-order valence-electron chi connectivity index (χ0n) is 18.4. The number of carbonyl (C=O) groups excluding carboxylic acids is 2. The van der Waals surface area contributed by atoms with Gasteiger partial charge in [0.05, 0.1) is 5.56 Å². The van der Waals surface area contributed by atoms with Crippen molar-refractivity contribution in [1.82, 2.24) is 0 Å². The van der Waals surface area contributed by atoms with Crippen LogP contribution < -0.4 is 5.32 Å². The molecule has 0 aromatic heterocycles. The molecule has 4 aromatic carbocycles. The minimum absolute atomic E-state index is 0.252. The Bertz CT molecular complexity index is 1200. The number of ether oxygens (including phenoxy) is 1. The Morgan fingerprint density at radius 3 is 1.94 bits per heavy atom. The van der Waals surface area contributed by atoms with E-state index in [0.717, 1.165) is 16.8 Å². The lowest BCUT2D eigenvalue weighted by Crippen LogP contribution is -2.20. The molecule has 0 spiro atoms. The fourth-order valence-electron chi connectivity index (χ4n) is 3.46. The van der Waals surface area contributed by atoms with Gasteiger partial charge < -0.3 is 10.1 Å². The number of hydrogen-bond donors (Lipinski definition) is 1. The standard InChI is InChI=1S/C29H25NO3/c1-21-12-16-23(17-13-21)27(31)28(24-8-4-2-5-9-24)33-29(32)25-18-14-22(15-19-25)20-30-26-10-6-3-7-11-26/h2-19,28,30H,20H2,1H3/t28-/m0/s1. The molecule has 4 aromatic rings. The van der Waals surface area contributed by atoms with Gasteiger partial charge in [-0.1, -0.05) is 90.5 Å². The van der Waals surface area contributed by atoms with Crippen molar-refractivity contribution >= 4 is 17.4 Å². The van der Waals surface area contributed by atoms with E-state index in [1.807, 2.05) is 79.7 Å². The predicted molar refractivity (Wildman–Crippen MR) is 130 cm³/mol. The summed E-state index contributed by atoms with van der Waals surface area (Å²) in [5, 5.41) is 3.34. The van der Waals surface area contributed by atoms with Gasteiger partial charge in [0, 0.05) is 23.4 Å². The number of para-hydroxylation sites is 1. The second-order valence-electron chi connectivity index (χ2n) is 7.84. The van der Waals surface area contributed by atoms with Crippen molar-refractivity contribution in [3.8, 4) is 0 Å². The van der Waals surface area contributed by atoms with Gasteiger partial charge in [-0.2, -0.15) is 0 Å². The number of carbonyl (C=O) groups is 2. The number of nitrogens with one attached hydrogen (secondary N) is 1. The molecular weight excluding hydrogens is 410 g/mol. The zero-order chi connectivity index (χ0) is 23.0. The van der Waals surface area contributed by atoms with E-state index in [1.165, 1.54) is 0 Å². The maximum atomic E-state index is 13.2. The molecule has 0 aliphatic heterocycles. The van der Waals surface area contributed by atoms with E-state index in [-0.39, 0.29) is 5.78 Å². The minimum Gasteiger partial charge on any atom is -0.445 e. The minimum atomic E-state index is -1.01. The van der Waals surface area contributed by atoms with Crippen LogP contribution in [-0.2, 0) is 11.3 Å². The molecule has 0 unspecified atom stereocenters. The largest absolute Gasteiger partial charge is 0.445 e. The lowest BCUT2D eigenvalue weighted by Gasteiger charge is -2.18. The summed E-state index contributed by atoms with van der Waals surface area (Å²) >= 11 is 0. The zero-order valence-corrected chi connectivity index (χ0v) is 18.4. The van der Waals surface area contributed by atoms with Crippen LogP contribution in [0.25, 0.3) is 0 Å². The molecule has 4 nitrogen and oxygen atoms in total. The lowest BCUT2D eigenvalue weighted by molar-refractivity contribution is 0.0280. The van der Waals surface area contributed by atoms with Gasteiger partial charge in [-0.15, -0.1) is 0 Å². The fraction of sp³-hybridized carbons (Fsp3) is 0.103. The first-order chi connectivity index (χ1) is 16.1. The van der Waals surface area contributed by atoms with Crippen LogP contribution in [0.15, 0.2) is 109 Å². The van der Waals surface area contributed by atoms with Crippen LogP contribution in [0, 0.1) is 6.92 Å². The number of ketones is 1. The number of Topliss-reactive ketones (excluding diaryl/α,β-unsaturated/α-hetero) is 1. The summed E-state index contributed by atoms with van der Waals surface area (Å²) in [6.07, 6.45) is -1.01. The van der Waals surface area contributed by atoms with E-state index >= 15 is 0 Å². The molecule has 0 heterocycles. The number of hydrogen-bond acceptors (Lipinski definition) is 4. The molecule has 0 aliphatic rings. The Balaban J connectivity index is 1.48. The molecule has 0 saturated carbocycles. The topological polar surface area (TPSA) is 55.4 Å². The van der Waals surface area contributed by atoms with Crippen LogP contribution in [-0.4, -0.2) is 11.8 Å². The molecule has 0 amide bonds. The van der Waals surface area contributed by atoms with Crippen molar-refractivity contribution in [2.45, 2.75) is 19.6 Å². The first-order valence-electron chi connectivity index (χ1n) is 10.8. The highest BCUT2D eigenvalue weighted by molar-refractivity contribution is 6.02. The van der Waals surface area contributed by atoms with Crippen molar-refractivity contribution < 1.29 is 14.3 Å².